The lowest BCUT2D eigenvalue weighted by Crippen LogP contribution is -2.46. The summed E-state index contributed by atoms with van der Waals surface area (Å²) >= 11 is 0. The number of hydrogen-bond donors (Lipinski definition) is 1. The molecule has 5 rings (SSSR count). The highest BCUT2D eigenvalue weighted by molar-refractivity contribution is 5.85. The first-order valence-corrected chi connectivity index (χ1v) is 7.22. The van der Waals surface area contributed by atoms with Gasteiger partial charge >= 0.3 is 0 Å². The molecule has 1 aromatic heterocycles. The number of aromatic hydroxyl groups is 1. The first-order chi connectivity index (χ1) is 9.22. The van der Waals surface area contributed by atoms with Crippen LogP contribution in [0.5, 0.6) is 5.75 Å². The average molecular weight is 256 g/mol. The molecule has 3 aliphatic heterocycles. The number of phenols is 1. The SMILES string of the molecule is Cn1cc(C2CN3CCC2CC3)c2ccc(O)cc21. The zero-order valence-electron chi connectivity index (χ0n) is 11.3. The molecule has 3 nitrogen and oxygen atoms in total. The van der Waals surface area contributed by atoms with Crippen LogP contribution in [-0.4, -0.2) is 34.2 Å². The number of aromatic nitrogens is 1. The number of fused-ring (bicyclic) bond motifs is 4. The van der Waals surface area contributed by atoms with Crippen LogP contribution in [0.25, 0.3) is 10.9 Å². The highest BCUT2D eigenvalue weighted by Crippen LogP contribution is 2.42. The van der Waals surface area contributed by atoms with Crippen molar-refractivity contribution in [1.29, 1.82) is 0 Å². The predicted octanol–water partition coefficient (Wildman–Crippen LogP) is 2.69. The molecule has 1 unspecified atom stereocenters. The first-order valence-electron chi connectivity index (χ1n) is 7.22. The van der Waals surface area contributed by atoms with E-state index in [0.717, 1.165) is 11.4 Å². The first kappa shape index (κ1) is 11.4. The Morgan fingerprint density at radius 1 is 1.21 bits per heavy atom. The molecular formula is C16H20N2O. The summed E-state index contributed by atoms with van der Waals surface area (Å²) < 4.78 is 2.15. The van der Waals surface area contributed by atoms with Gasteiger partial charge < -0.3 is 14.6 Å². The van der Waals surface area contributed by atoms with Gasteiger partial charge in [-0.15, -0.1) is 0 Å². The molecule has 100 valence electrons. The van der Waals surface area contributed by atoms with E-state index in [1.54, 1.807) is 0 Å². The Morgan fingerprint density at radius 3 is 2.68 bits per heavy atom. The maximum Gasteiger partial charge on any atom is 0.117 e. The number of phenolic OH excluding ortho intramolecular Hbond substituents is 1. The van der Waals surface area contributed by atoms with Gasteiger partial charge in [-0.1, -0.05) is 0 Å². The molecule has 0 aliphatic carbocycles. The van der Waals surface area contributed by atoms with E-state index in [9.17, 15) is 5.11 Å². The van der Waals surface area contributed by atoms with Crippen molar-refractivity contribution in [1.82, 2.24) is 9.47 Å². The minimum atomic E-state index is 0.356. The molecule has 0 amide bonds. The van der Waals surface area contributed by atoms with Gasteiger partial charge in [-0.2, -0.15) is 0 Å². The van der Waals surface area contributed by atoms with E-state index in [0.29, 0.717) is 11.7 Å². The second-order valence-electron chi connectivity index (χ2n) is 6.14. The van der Waals surface area contributed by atoms with E-state index in [2.05, 4.69) is 28.8 Å². The van der Waals surface area contributed by atoms with E-state index in [4.69, 9.17) is 0 Å². The topological polar surface area (TPSA) is 28.4 Å². The molecule has 19 heavy (non-hydrogen) atoms. The van der Waals surface area contributed by atoms with Gasteiger partial charge in [0, 0.05) is 37.2 Å². The monoisotopic (exact) mass is 256 g/mol. The van der Waals surface area contributed by atoms with Crippen LogP contribution < -0.4 is 0 Å². The Kier molecular flexibility index (Phi) is 2.39. The normalized spacial score (nSPS) is 30.1. The Hall–Kier alpha value is -1.48. The van der Waals surface area contributed by atoms with Crippen molar-refractivity contribution in [2.45, 2.75) is 18.8 Å². The highest BCUT2D eigenvalue weighted by Gasteiger charge is 2.36. The molecule has 2 aromatic rings. The fraction of sp³-hybridized carbons (Fsp3) is 0.500. The smallest absolute Gasteiger partial charge is 0.117 e. The summed E-state index contributed by atoms with van der Waals surface area (Å²) in [4.78, 5) is 2.60. The van der Waals surface area contributed by atoms with Crippen molar-refractivity contribution >= 4 is 10.9 Å². The third-order valence-corrected chi connectivity index (χ3v) is 5.06. The van der Waals surface area contributed by atoms with Gasteiger partial charge in [-0.25, -0.2) is 0 Å². The molecule has 3 saturated heterocycles. The molecule has 1 N–H and O–H groups in total. The number of aryl methyl sites for hydroxylation is 1. The minimum Gasteiger partial charge on any atom is -0.508 e. The van der Waals surface area contributed by atoms with Crippen LogP contribution >= 0.6 is 0 Å². The second-order valence-corrected chi connectivity index (χ2v) is 6.14. The summed E-state index contributed by atoms with van der Waals surface area (Å²) in [5.41, 5.74) is 2.62. The van der Waals surface area contributed by atoms with Crippen molar-refractivity contribution in [2.75, 3.05) is 19.6 Å². The van der Waals surface area contributed by atoms with Crippen molar-refractivity contribution in [3.63, 3.8) is 0 Å². The number of piperidine rings is 3. The molecule has 1 aromatic carbocycles. The number of benzene rings is 1. The van der Waals surface area contributed by atoms with Gasteiger partial charge in [0.2, 0.25) is 0 Å². The van der Waals surface area contributed by atoms with Gasteiger partial charge in [0.1, 0.15) is 5.75 Å². The van der Waals surface area contributed by atoms with Crippen LogP contribution in [0.1, 0.15) is 24.3 Å². The van der Waals surface area contributed by atoms with Gasteiger partial charge in [-0.3, -0.25) is 0 Å². The lowest BCUT2D eigenvalue weighted by atomic mass is 9.75. The average Bonchev–Trinajstić information content (AvgIpc) is 2.77. The fourth-order valence-corrected chi connectivity index (χ4v) is 4.02. The Morgan fingerprint density at radius 2 is 2.00 bits per heavy atom. The van der Waals surface area contributed by atoms with Crippen LogP contribution in [-0.2, 0) is 7.05 Å². The molecule has 0 saturated carbocycles. The van der Waals surface area contributed by atoms with Crippen molar-refractivity contribution in [3.05, 3.63) is 30.0 Å². The maximum atomic E-state index is 9.66. The van der Waals surface area contributed by atoms with Crippen molar-refractivity contribution in [3.8, 4) is 5.75 Å². The van der Waals surface area contributed by atoms with Crippen LogP contribution in [0.15, 0.2) is 24.4 Å². The molecular weight excluding hydrogens is 236 g/mol. The zero-order valence-corrected chi connectivity index (χ0v) is 11.3. The Labute approximate surface area is 113 Å². The van der Waals surface area contributed by atoms with E-state index in [1.165, 1.54) is 43.4 Å². The number of hydrogen-bond acceptors (Lipinski definition) is 2. The third kappa shape index (κ3) is 1.68. The molecule has 0 spiro atoms. The third-order valence-electron chi connectivity index (χ3n) is 5.06. The standard InChI is InChI=1S/C16H20N2O/c1-17-9-15(13-3-2-12(19)8-16(13)17)14-10-18-6-4-11(14)5-7-18/h2-3,8-9,11,14,19H,4-7,10H2,1H3. The molecule has 3 heteroatoms. The second kappa shape index (κ2) is 4.01. The zero-order chi connectivity index (χ0) is 13.0. The molecule has 3 aliphatic rings. The summed E-state index contributed by atoms with van der Waals surface area (Å²) in [7, 11) is 2.08. The van der Waals surface area contributed by atoms with E-state index >= 15 is 0 Å². The molecule has 4 heterocycles. The summed E-state index contributed by atoms with van der Waals surface area (Å²) in [5.74, 6) is 1.88. The molecule has 2 bridgehead atoms. The van der Waals surface area contributed by atoms with E-state index < -0.39 is 0 Å². The molecule has 1 atom stereocenters. The van der Waals surface area contributed by atoms with Crippen LogP contribution in [0.2, 0.25) is 0 Å². The quantitative estimate of drug-likeness (QED) is 0.849. The summed E-state index contributed by atoms with van der Waals surface area (Å²) in [6.07, 6.45) is 4.97. The Balaban J connectivity index is 1.83. The number of nitrogens with zero attached hydrogens (tertiary/aromatic N) is 2. The maximum absolute atomic E-state index is 9.66. The van der Waals surface area contributed by atoms with Crippen molar-refractivity contribution in [2.24, 2.45) is 13.0 Å². The molecule has 0 radical (unpaired) electrons. The summed E-state index contributed by atoms with van der Waals surface area (Å²) in [6.45, 7) is 3.78. The fourth-order valence-electron chi connectivity index (χ4n) is 4.02. The molecule has 3 fully saturated rings. The van der Waals surface area contributed by atoms with Gasteiger partial charge in [0.05, 0.1) is 5.52 Å². The largest absolute Gasteiger partial charge is 0.508 e. The van der Waals surface area contributed by atoms with Crippen LogP contribution in [0.3, 0.4) is 0 Å². The summed E-state index contributed by atoms with van der Waals surface area (Å²) in [5, 5.41) is 11.0. The van der Waals surface area contributed by atoms with Gasteiger partial charge in [0.25, 0.3) is 0 Å². The Bertz CT molecular complexity index is 623. The van der Waals surface area contributed by atoms with Crippen LogP contribution in [0.4, 0.5) is 0 Å². The van der Waals surface area contributed by atoms with Gasteiger partial charge in [-0.05, 0) is 49.5 Å². The van der Waals surface area contributed by atoms with Crippen LogP contribution in [0, 0.1) is 5.92 Å². The minimum absolute atomic E-state index is 0.356. The van der Waals surface area contributed by atoms with E-state index in [-0.39, 0.29) is 0 Å². The van der Waals surface area contributed by atoms with E-state index in [1.807, 2.05) is 12.1 Å². The van der Waals surface area contributed by atoms with Crippen molar-refractivity contribution < 1.29 is 5.11 Å². The van der Waals surface area contributed by atoms with Gasteiger partial charge in [0.15, 0.2) is 0 Å². The lowest BCUT2D eigenvalue weighted by molar-refractivity contribution is 0.0876. The number of rotatable bonds is 1. The predicted molar refractivity (Wildman–Crippen MR) is 76.5 cm³/mol. The lowest BCUT2D eigenvalue weighted by Gasteiger charge is -2.44. The highest BCUT2D eigenvalue weighted by atomic mass is 16.3. The summed E-state index contributed by atoms with van der Waals surface area (Å²) in [6, 6.07) is 5.77.